The fourth-order valence-electron chi connectivity index (χ4n) is 1.63. The maximum Gasteiger partial charge on any atom is 0.433 e. The van der Waals surface area contributed by atoms with Crippen LogP contribution in [0, 0.1) is 6.92 Å². The molecule has 20 heavy (non-hydrogen) atoms. The predicted octanol–water partition coefficient (Wildman–Crippen LogP) is 2.94. The third-order valence-electron chi connectivity index (χ3n) is 2.79. The third kappa shape index (κ3) is 3.44. The Bertz CT molecular complexity index is 582. The van der Waals surface area contributed by atoms with Crippen molar-refractivity contribution in [2.24, 2.45) is 0 Å². The number of alkyl halides is 3. The molecule has 108 valence electrons. The lowest BCUT2D eigenvalue weighted by atomic mass is 10.3. The van der Waals surface area contributed by atoms with Crippen LogP contribution in [0.3, 0.4) is 0 Å². The molecule has 2 heterocycles. The van der Waals surface area contributed by atoms with Crippen LogP contribution in [-0.2, 0) is 12.6 Å². The zero-order chi connectivity index (χ0) is 14.8. The van der Waals surface area contributed by atoms with E-state index in [9.17, 15) is 13.2 Å². The number of thiazole rings is 1. The number of likely N-dealkylation sites (N-methyl/N-ethyl adjacent to an activating group) is 1. The van der Waals surface area contributed by atoms with Crippen molar-refractivity contribution in [3.05, 3.63) is 34.0 Å². The molecule has 0 aliphatic carbocycles. The van der Waals surface area contributed by atoms with Crippen LogP contribution in [0.2, 0.25) is 0 Å². The lowest BCUT2D eigenvalue weighted by Crippen LogP contribution is -2.23. The van der Waals surface area contributed by atoms with Crippen molar-refractivity contribution >= 4 is 17.3 Å². The normalized spacial score (nSPS) is 11.7. The number of hydrogen-bond acceptors (Lipinski definition) is 5. The van der Waals surface area contributed by atoms with Gasteiger partial charge in [0.25, 0.3) is 0 Å². The van der Waals surface area contributed by atoms with Crippen molar-refractivity contribution in [2.75, 3.05) is 18.5 Å². The average molecular weight is 302 g/mol. The summed E-state index contributed by atoms with van der Waals surface area (Å²) in [5.41, 5.74) is 1.78. The van der Waals surface area contributed by atoms with Gasteiger partial charge in [0.05, 0.1) is 11.2 Å². The molecule has 0 spiro atoms. The van der Waals surface area contributed by atoms with Crippen LogP contribution < -0.4 is 4.90 Å². The van der Waals surface area contributed by atoms with E-state index in [0.717, 1.165) is 22.8 Å². The van der Waals surface area contributed by atoms with Crippen LogP contribution in [0.4, 0.5) is 19.1 Å². The Hall–Kier alpha value is -1.70. The smallest absolute Gasteiger partial charge is 0.344 e. The van der Waals surface area contributed by atoms with Crippen LogP contribution >= 0.6 is 11.3 Å². The van der Waals surface area contributed by atoms with E-state index in [1.165, 1.54) is 11.3 Å². The van der Waals surface area contributed by atoms with Gasteiger partial charge in [0.1, 0.15) is 5.69 Å². The minimum Gasteiger partial charge on any atom is -0.344 e. The van der Waals surface area contributed by atoms with E-state index in [0.29, 0.717) is 13.0 Å². The molecule has 0 aliphatic rings. The first-order valence-corrected chi connectivity index (χ1v) is 6.76. The first-order chi connectivity index (χ1) is 9.38. The van der Waals surface area contributed by atoms with Crippen molar-refractivity contribution < 1.29 is 13.2 Å². The van der Waals surface area contributed by atoms with Gasteiger partial charge in [-0.3, -0.25) is 0 Å². The number of aryl methyl sites for hydroxylation is 1. The predicted molar refractivity (Wildman–Crippen MR) is 70.9 cm³/mol. The molecule has 0 aromatic carbocycles. The molecular formula is C12H13F3N4S. The van der Waals surface area contributed by atoms with Gasteiger partial charge in [0.15, 0.2) is 0 Å². The number of nitrogens with zero attached hydrogens (tertiary/aromatic N) is 4. The van der Waals surface area contributed by atoms with Crippen LogP contribution in [0.1, 0.15) is 16.3 Å². The number of aromatic nitrogens is 3. The van der Waals surface area contributed by atoms with E-state index >= 15 is 0 Å². The zero-order valence-corrected chi connectivity index (χ0v) is 11.8. The summed E-state index contributed by atoms with van der Waals surface area (Å²) >= 11 is 1.54. The molecule has 0 atom stereocenters. The molecule has 0 aliphatic heterocycles. The van der Waals surface area contributed by atoms with Gasteiger partial charge < -0.3 is 4.90 Å². The Morgan fingerprint density at radius 3 is 2.65 bits per heavy atom. The molecule has 0 radical (unpaired) electrons. The number of anilines is 1. The Labute approximate surface area is 118 Å². The number of rotatable bonds is 4. The first kappa shape index (κ1) is 14.7. The second-order valence-electron chi connectivity index (χ2n) is 4.27. The second-order valence-corrected chi connectivity index (χ2v) is 5.21. The molecule has 0 fully saturated rings. The van der Waals surface area contributed by atoms with Crippen LogP contribution in [-0.4, -0.2) is 28.5 Å². The largest absolute Gasteiger partial charge is 0.433 e. The molecule has 2 aromatic rings. The van der Waals surface area contributed by atoms with Gasteiger partial charge in [-0.2, -0.15) is 13.2 Å². The summed E-state index contributed by atoms with van der Waals surface area (Å²) in [4.78, 5) is 14.3. The molecule has 0 unspecified atom stereocenters. The highest BCUT2D eigenvalue weighted by Gasteiger charge is 2.33. The quantitative estimate of drug-likeness (QED) is 0.871. The van der Waals surface area contributed by atoms with Gasteiger partial charge in [-0.15, -0.1) is 11.3 Å². The highest BCUT2D eigenvalue weighted by molar-refractivity contribution is 7.09. The van der Waals surface area contributed by atoms with E-state index in [-0.39, 0.29) is 5.95 Å². The van der Waals surface area contributed by atoms with Crippen molar-refractivity contribution in [3.63, 3.8) is 0 Å². The average Bonchev–Trinajstić information content (AvgIpc) is 2.81. The van der Waals surface area contributed by atoms with Gasteiger partial charge in [0, 0.05) is 31.1 Å². The van der Waals surface area contributed by atoms with E-state index in [1.54, 1.807) is 17.5 Å². The van der Waals surface area contributed by atoms with Crippen molar-refractivity contribution in [3.8, 4) is 0 Å². The van der Waals surface area contributed by atoms with Gasteiger partial charge in [0.2, 0.25) is 5.95 Å². The van der Waals surface area contributed by atoms with Crippen molar-refractivity contribution in [1.29, 1.82) is 0 Å². The Kier molecular flexibility index (Phi) is 4.22. The molecule has 2 rings (SSSR count). The van der Waals surface area contributed by atoms with E-state index in [4.69, 9.17) is 0 Å². The Balaban J connectivity index is 2.06. The number of halogens is 3. The fourth-order valence-corrected chi connectivity index (χ4v) is 2.40. The van der Waals surface area contributed by atoms with Gasteiger partial charge in [-0.25, -0.2) is 15.0 Å². The molecule has 2 aromatic heterocycles. The van der Waals surface area contributed by atoms with Crippen LogP contribution in [0.25, 0.3) is 0 Å². The lowest BCUT2D eigenvalue weighted by molar-refractivity contribution is -0.141. The van der Waals surface area contributed by atoms with Gasteiger partial charge in [-0.05, 0) is 13.0 Å². The van der Waals surface area contributed by atoms with Crippen molar-refractivity contribution in [2.45, 2.75) is 19.5 Å². The Morgan fingerprint density at radius 1 is 1.30 bits per heavy atom. The summed E-state index contributed by atoms with van der Waals surface area (Å²) in [7, 11) is 1.67. The van der Waals surface area contributed by atoms with Crippen molar-refractivity contribution in [1.82, 2.24) is 15.0 Å². The van der Waals surface area contributed by atoms with Gasteiger partial charge in [-0.1, -0.05) is 0 Å². The molecule has 8 heteroatoms. The standard InChI is InChI=1S/C12H13F3N4S/c1-8-9(20-7-17-8)4-6-19(2)11-16-5-3-10(18-11)12(13,14)15/h3,5,7H,4,6H2,1-2H3. The molecule has 0 amide bonds. The summed E-state index contributed by atoms with van der Waals surface area (Å²) in [6, 6.07) is 0.866. The highest BCUT2D eigenvalue weighted by atomic mass is 32.1. The molecule has 4 nitrogen and oxygen atoms in total. The molecule has 0 saturated heterocycles. The monoisotopic (exact) mass is 302 g/mol. The number of hydrogen-bond donors (Lipinski definition) is 0. The summed E-state index contributed by atoms with van der Waals surface area (Å²) in [6.45, 7) is 2.44. The first-order valence-electron chi connectivity index (χ1n) is 5.88. The fraction of sp³-hybridized carbons (Fsp3) is 0.417. The zero-order valence-electron chi connectivity index (χ0n) is 11.0. The molecular weight excluding hydrogens is 289 g/mol. The van der Waals surface area contributed by atoms with Gasteiger partial charge >= 0.3 is 6.18 Å². The molecule has 0 N–H and O–H groups in total. The highest BCUT2D eigenvalue weighted by Crippen LogP contribution is 2.28. The second kappa shape index (κ2) is 5.74. The Morgan fingerprint density at radius 2 is 2.05 bits per heavy atom. The van der Waals surface area contributed by atoms with Crippen LogP contribution in [0.5, 0.6) is 0 Å². The third-order valence-corrected chi connectivity index (χ3v) is 3.79. The van der Waals surface area contributed by atoms with Crippen LogP contribution in [0.15, 0.2) is 17.8 Å². The molecule has 0 saturated carbocycles. The maximum absolute atomic E-state index is 12.6. The van der Waals surface area contributed by atoms with E-state index in [1.807, 2.05) is 6.92 Å². The SMILES string of the molecule is Cc1ncsc1CCN(C)c1nccc(C(F)(F)F)n1. The minimum absolute atomic E-state index is 0.0713. The topological polar surface area (TPSA) is 41.9 Å². The van der Waals surface area contributed by atoms with E-state index in [2.05, 4.69) is 15.0 Å². The molecule has 0 bridgehead atoms. The maximum atomic E-state index is 12.6. The lowest BCUT2D eigenvalue weighted by Gasteiger charge is -2.17. The van der Waals surface area contributed by atoms with E-state index < -0.39 is 11.9 Å². The summed E-state index contributed by atoms with van der Waals surface area (Å²) in [5, 5.41) is 0. The summed E-state index contributed by atoms with van der Waals surface area (Å²) in [5.74, 6) is 0.0713. The summed E-state index contributed by atoms with van der Waals surface area (Å²) < 4.78 is 37.7. The minimum atomic E-state index is -4.45. The summed E-state index contributed by atoms with van der Waals surface area (Å²) in [6.07, 6.45) is -2.63.